The Bertz CT molecular complexity index is 1180. The second-order valence-corrected chi connectivity index (χ2v) is 11.0. The number of amides is 1. The maximum absolute atomic E-state index is 13.3. The zero-order valence-electron chi connectivity index (χ0n) is 23.4. The normalized spacial score (nSPS) is 21.1. The molecule has 10 heteroatoms. The van der Waals surface area contributed by atoms with Gasteiger partial charge in [-0.2, -0.15) is 0 Å². The van der Waals surface area contributed by atoms with Crippen LogP contribution in [0.4, 0.5) is 0 Å². The fourth-order valence-electron chi connectivity index (χ4n) is 5.18. The van der Waals surface area contributed by atoms with Crippen molar-refractivity contribution in [2.24, 2.45) is 16.5 Å². The Kier molecular flexibility index (Phi) is 9.66. The number of phenols is 1. The molecule has 1 aromatic carbocycles. The largest absolute Gasteiger partial charge is 0.508 e. The van der Waals surface area contributed by atoms with Gasteiger partial charge in [-0.1, -0.05) is 23.3 Å². The van der Waals surface area contributed by atoms with E-state index in [0.29, 0.717) is 36.1 Å². The maximum Gasteiger partial charge on any atom is 0.326 e. The summed E-state index contributed by atoms with van der Waals surface area (Å²) in [5, 5.41) is 31.6. The van der Waals surface area contributed by atoms with E-state index in [1.807, 2.05) is 6.92 Å². The number of rotatable bonds is 12. The fraction of sp³-hybridized carbons (Fsp3) is 0.552. The molecule has 0 aromatic heterocycles. The summed E-state index contributed by atoms with van der Waals surface area (Å²) < 4.78 is 6.39. The van der Waals surface area contributed by atoms with Gasteiger partial charge in [0.1, 0.15) is 23.1 Å². The van der Waals surface area contributed by atoms with Crippen LogP contribution >= 0.6 is 0 Å². The molecule has 39 heavy (non-hydrogen) atoms. The smallest absolute Gasteiger partial charge is 0.326 e. The lowest BCUT2D eigenvalue weighted by molar-refractivity contribution is -0.142. The maximum atomic E-state index is 13.3. The fourth-order valence-corrected chi connectivity index (χ4v) is 5.18. The van der Waals surface area contributed by atoms with Gasteiger partial charge in [-0.15, -0.1) is 0 Å². The van der Waals surface area contributed by atoms with Crippen LogP contribution in [0, 0.1) is 0 Å². The number of guanidine groups is 1. The number of aliphatic hydroxyl groups is 1. The third kappa shape index (κ3) is 7.11. The van der Waals surface area contributed by atoms with Crippen LogP contribution in [0.2, 0.25) is 0 Å². The molecule has 2 heterocycles. The van der Waals surface area contributed by atoms with Crippen molar-refractivity contribution in [1.29, 1.82) is 0 Å². The van der Waals surface area contributed by atoms with Gasteiger partial charge in [0, 0.05) is 24.1 Å². The number of carbonyl (C=O) groups excluding carboxylic acids is 1. The molecule has 0 saturated heterocycles. The van der Waals surface area contributed by atoms with Crippen molar-refractivity contribution in [3.8, 4) is 11.5 Å². The first-order valence-corrected chi connectivity index (χ1v) is 13.5. The quantitative estimate of drug-likeness (QED) is 0.116. The number of nitrogens with zero attached hydrogens (tertiary/aromatic N) is 2. The minimum Gasteiger partial charge on any atom is -0.508 e. The van der Waals surface area contributed by atoms with Crippen LogP contribution in [0.5, 0.6) is 11.5 Å². The Morgan fingerprint density at radius 1 is 1.26 bits per heavy atom. The average Bonchev–Trinajstić information content (AvgIpc) is 3.15. The number of ether oxygens (including phenoxy) is 1. The van der Waals surface area contributed by atoms with Gasteiger partial charge in [-0.05, 0) is 72.3 Å². The number of carbonyl (C=O) groups is 2. The first-order valence-electron chi connectivity index (χ1n) is 13.5. The van der Waals surface area contributed by atoms with Gasteiger partial charge in [0.05, 0.1) is 18.2 Å². The van der Waals surface area contributed by atoms with Gasteiger partial charge in [0.15, 0.2) is 5.96 Å². The van der Waals surface area contributed by atoms with Crippen LogP contribution in [0.1, 0.15) is 87.7 Å². The van der Waals surface area contributed by atoms with E-state index in [2.05, 4.69) is 37.9 Å². The summed E-state index contributed by atoms with van der Waals surface area (Å²) in [4.78, 5) is 30.5. The molecule has 1 amide bonds. The zero-order chi connectivity index (χ0) is 28.9. The molecule has 0 saturated carbocycles. The van der Waals surface area contributed by atoms with Crippen molar-refractivity contribution in [3.63, 3.8) is 0 Å². The zero-order valence-corrected chi connectivity index (χ0v) is 23.4. The van der Waals surface area contributed by atoms with E-state index in [4.69, 9.17) is 16.2 Å². The molecule has 0 bridgehead atoms. The van der Waals surface area contributed by atoms with Gasteiger partial charge in [-0.25, -0.2) is 4.79 Å². The lowest BCUT2D eigenvalue weighted by Gasteiger charge is -2.41. The molecule has 0 fully saturated rings. The molecule has 0 radical (unpaired) electrons. The van der Waals surface area contributed by atoms with Crippen molar-refractivity contribution in [2.45, 2.75) is 96.9 Å². The van der Waals surface area contributed by atoms with Crippen molar-refractivity contribution in [3.05, 3.63) is 46.1 Å². The summed E-state index contributed by atoms with van der Waals surface area (Å²) in [6, 6.07) is 0.267. The third-order valence-electron chi connectivity index (χ3n) is 7.54. The number of aromatic hydroxyl groups is 1. The van der Waals surface area contributed by atoms with Gasteiger partial charge < -0.3 is 36.4 Å². The number of fused-ring (bicyclic) bond motifs is 3. The number of allylic oxidation sites excluding steroid dienone is 4. The molecule has 2 aliphatic rings. The second-order valence-electron chi connectivity index (χ2n) is 11.0. The van der Waals surface area contributed by atoms with Crippen LogP contribution < -0.4 is 16.2 Å². The monoisotopic (exact) mass is 542 g/mol. The number of aliphatic hydroxyl groups excluding tert-OH is 1. The van der Waals surface area contributed by atoms with Gasteiger partial charge in [0.2, 0.25) is 0 Å². The topological polar surface area (TPSA) is 172 Å². The Morgan fingerprint density at radius 2 is 1.97 bits per heavy atom. The minimum atomic E-state index is -1.13. The highest BCUT2D eigenvalue weighted by atomic mass is 16.5. The van der Waals surface area contributed by atoms with Crippen molar-refractivity contribution >= 4 is 17.8 Å². The van der Waals surface area contributed by atoms with E-state index in [1.165, 1.54) is 22.1 Å². The number of phenolic OH excluding ortho intramolecular Hbond substituents is 1. The summed E-state index contributed by atoms with van der Waals surface area (Å²) in [6.07, 6.45) is 7.41. The Morgan fingerprint density at radius 3 is 2.62 bits per heavy atom. The Labute approximate surface area is 230 Å². The molecular weight excluding hydrogens is 500 g/mol. The van der Waals surface area contributed by atoms with Crippen LogP contribution in [0.3, 0.4) is 0 Å². The number of aliphatic imine (C=N–C) groups is 1. The van der Waals surface area contributed by atoms with Crippen LogP contribution in [0.15, 0.2) is 34.4 Å². The minimum absolute atomic E-state index is 0.0333. The lowest BCUT2D eigenvalue weighted by Crippen LogP contribution is -2.49. The Balaban J connectivity index is 1.80. The SMILES string of the molecule is CC(C)=CCCC(C)=CCCC1(C)Oc2c(c(O)cc3c2CN(C(CCCN=C(N)N)C(=O)O)C3=O)CC1O. The summed E-state index contributed by atoms with van der Waals surface area (Å²) >= 11 is 0. The van der Waals surface area contributed by atoms with Gasteiger partial charge in [0.25, 0.3) is 5.91 Å². The van der Waals surface area contributed by atoms with E-state index >= 15 is 0 Å². The molecular formula is C29H42N4O6. The molecule has 2 aliphatic heterocycles. The number of carboxylic acids is 1. The predicted molar refractivity (Wildman–Crippen MR) is 150 cm³/mol. The standard InChI is InChI=1S/C29H42N4O6/c1-17(2)8-5-9-18(3)10-6-12-29(4)24(35)15-20-23(34)14-19-21(25(20)39-29)16-33(26(19)36)22(27(37)38)11-7-13-32-28(30)31/h8,10,14,22,24,34-35H,5-7,9,11-13,15-16H2,1-4H3,(H,37,38)(H4,30,31,32). The number of hydrogen-bond acceptors (Lipinski definition) is 6. The number of aliphatic carboxylic acids is 1. The van der Waals surface area contributed by atoms with E-state index in [1.54, 1.807) is 0 Å². The number of carboxylic acid groups (broad SMARTS) is 1. The summed E-state index contributed by atoms with van der Waals surface area (Å²) in [6.45, 7) is 8.37. The molecule has 1 aromatic rings. The molecule has 0 spiro atoms. The van der Waals surface area contributed by atoms with Crippen molar-refractivity contribution in [2.75, 3.05) is 6.54 Å². The molecule has 7 N–H and O–H groups in total. The van der Waals surface area contributed by atoms with E-state index in [-0.39, 0.29) is 43.2 Å². The average molecular weight is 543 g/mol. The van der Waals surface area contributed by atoms with E-state index in [9.17, 15) is 24.9 Å². The van der Waals surface area contributed by atoms with Gasteiger partial charge >= 0.3 is 5.97 Å². The molecule has 214 valence electrons. The van der Waals surface area contributed by atoms with Crippen LogP contribution in [-0.2, 0) is 17.8 Å². The third-order valence-corrected chi connectivity index (χ3v) is 7.54. The Hall–Kier alpha value is -3.53. The number of nitrogens with two attached hydrogens (primary N) is 2. The summed E-state index contributed by atoms with van der Waals surface area (Å²) in [5.41, 5.74) is 13.5. The summed E-state index contributed by atoms with van der Waals surface area (Å²) in [5.74, 6) is -1.47. The predicted octanol–water partition coefficient (Wildman–Crippen LogP) is 3.38. The van der Waals surface area contributed by atoms with Crippen molar-refractivity contribution in [1.82, 2.24) is 4.90 Å². The van der Waals surface area contributed by atoms with E-state index < -0.39 is 29.6 Å². The highest BCUT2D eigenvalue weighted by Gasteiger charge is 2.45. The molecule has 3 atom stereocenters. The second kappa shape index (κ2) is 12.5. The molecule has 10 nitrogen and oxygen atoms in total. The summed E-state index contributed by atoms with van der Waals surface area (Å²) in [7, 11) is 0. The molecule has 0 aliphatic carbocycles. The van der Waals surface area contributed by atoms with Crippen LogP contribution in [0.25, 0.3) is 0 Å². The van der Waals surface area contributed by atoms with Gasteiger partial charge in [-0.3, -0.25) is 9.79 Å². The first-order chi connectivity index (χ1) is 18.3. The number of benzene rings is 1. The highest BCUT2D eigenvalue weighted by Crippen LogP contribution is 2.46. The van der Waals surface area contributed by atoms with E-state index in [0.717, 1.165) is 12.8 Å². The van der Waals surface area contributed by atoms with Crippen LogP contribution in [-0.4, -0.2) is 62.3 Å². The number of hydrogen-bond donors (Lipinski definition) is 5. The molecule has 3 rings (SSSR count). The molecule has 3 unspecified atom stereocenters. The highest BCUT2D eigenvalue weighted by molar-refractivity contribution is 6.02. The van der Waals surface area contributed by atoms with Crippen molar-refractivity contribution < 1.29 is 29.6 Å². The first kappa shape index (κ1) is 30.0. The lowest BCUT2D eigenvalue weighted by atomic mass is 9.84.